The second-order valence-corrected chi connectivity index (χ2v) is 8.28. The Balaban J connectivity index is 1.94. The van der Waals surface area contributed by atoms with E-state index in [1.165, 1.54) is 34.9 Å². The van der Waals surface area contributed by atoms with E-state index in [1.54, 1.807) is 14.0 Å². The maximum Gasteiger partial charge on any atom is 0.433 e. The summed E-state index contributed by atoms with van der Waals surface area (Å²) in [5.74, 6) is -1.61. The monoisotopic (exact) mass is 493 g/mol. The Kier molecular flexibility index (Phi) is 5.87. The van der Waals surface area contributed by atoms with Gasteiger partial charge in [-0.3, -0.25) is 14.3 Å². The molecule has 3 N–H and O–H groups in total. The van der Waals surface area contributed by atoms with Gasteiger partial charge in [-0.1, -0.05) is 0 Å². The summed E-state index contributed by atoms with van der Waals surface area (Å²) in [6.07, 6.45) is -1.82. The number of halogens is 3. The fourth-order valence-corrected chi connectivity index (χ4v) is 4.38. The second-order valence-electron chi connectivity index (χ2n) is 7.28. The first-order valence-corrected chi connectivity index (χ1v) is 10.5. The van der Waals surface area contributed by atoms with E-state index >= 15 is 0 Å². The van der Waals surface area contributed by atoms with Gasteiger partial charge in [0.1, 0.15) is 22.1 Å². The number of hydrogen-bond donors (Lipinski definition) is 2. The summed E-state index contributed by atoms with van der Waals surface area (Å²) in [5, 5.41) is 10.9. The van der Waals surface area contributed by atoms with Gasteiger partial charge < -0.3 is 15.8 Å². The number of thiophene rings is 1. The van der Waals surface area contributed by atoms with Crippen LogP contribution in [0.1, 0.15) is 31.5 Å². The largest absolute Gasteiger partial charge is 0.433 e. The first kappa shape index (κ1) is 23.4. The third-order valence-corrected chi connectivity index (χ3v) is 6.17. The van der Waals surface area contributed by atoms with Crippen LogP contribution < -0.4 is 11.1 Å². The number of aromatic nitrogens is 5. The molecule has 0 aliphatic heterocycles. The molecule has 0 aromatic carbocycles. The number of aryl methyl sites for hydroxylation is 1. The number of anilines is 1. The molecule has 14 heteroatoms. The fourth-order valence-electron chi connectivity index (χ4n) is 3.38. The summed E-state index contributed by atoms with van der Waals surface area (Å²) < 4.78 is 48.7. The minimum Gasteiger partial charge on any atom is -0.365 e. The van der Waals surface area contributed by atoms with E-state index in [0.717, 1.165) is 6.07 Å². The number of nitrogens with zero attached hydrogens (tertiary/aromatic N) is 5. The Bertz CT molecular complexity index is 1420. The molecule has 0 aliphatic rings. The SMILES string of the molecule is COCn1ccc(C(=O)Nc2c(C(N)=O)sc3nc(C(F)(F)F)cc(-c4cnn(C)c4C)c23)n1. The van der Waals surface area contributed by atoms with E-state index in [9.17, 15) is 22.8 Å². The summed E-state index contributed by atoms with van der Waals surface area (Å²) in [6.45, 7) is 1.79. The summed E-state index contributed by atoms with van der Waals surface area (Å²) in [4.78, 5) is 28.5. The lowest BCUT2D eigenvalue weighted by Gasteiger charge is -2.12. The highest BCUT2D eigenvalue weighted by Crippen LogP contribution is 2.44. The van der Waals surface area contributed by atoms with Crippen molar-refractivity contribution in [2.75, 3.05) is 12.4 Å². The maximum atomic E-state index is 13.6. The first-order valence-electron chi connectivity index (χ1n) is 9.68. The number of methoxy groups -OCH3 is 1. The smallest absolute Gasteiger partial charge is 0.365 e. The standard InChI is InChI=1S/C20H18F3N7O3S/c1-9-11(7-25-29(9)2)10-6-13(20(21,22)23)26-19-14(10)15(16(34-19)17(24)31)27-18(32)12-4-5-30(28-12)8-33-3/h4-7H,8H2,1-3H3,(H2,24,31)(H,27,32). The van der Waals surface area contributed by atoms with Crippen molar-refractivity contribution >= 4 is 39.1 Å². The number of primary amides is 1. The number of nitrogens with two attached hydrogens (primary N) is 1. The summed E-state index contributed by atoms with van der Waals surface area (Å²) >= 11 is 0.661. The van der Waals surface area contributed by atoms with Gasteiger partial charge in [0.15, 0.2) is 5.69 Å². The van der Waals surface area contributed by atoms with Gasteiger partial charge in [0.05, 0.1) is 11.9 Å². The zero-order chi connectivity index (χ0) is 24.8. The second kappa shape index (κ2) is 8.53. The van der Waals surface area contributed by atoms with E-state index in [1.807, 2.05) is 0 Å². The molecule has 0 fully saturated rings. The minimum atomic E-state index is -4.74. The van der Waals surface area contributed by atoms with Gasteiger partial charge in [0, 0.05) is 37.0 Å². The van der Waals surface area contributed by atoms with Crippen LogP contribution in [0.15, 0.2) is 24.5 Å². The number of nitrogens with one attached hydrogen (secondary N) is 1. The van der Waals surface area contributed by atoms with Gasteiger partial charge in [-0.2, -0.15) is 23.4 Å². The molecule has 0 spiro atoms. The molecular weight excluding hydrogens is 475 g/mol. The van der Waals surface area contributed by atoms with Crippen molar-refractivity contribution in [2.24, 2.45) is 12.8 Å². The Labute approximate surface area is 194 Å². The number of carbonyl (C=O) groups is 2. The summed E-state index contributed by atoms with van der Waals surface area (Å²) in [6, 6.07) is 2.30. The van der Waals surface area contributed by atoms with Crippen molar-refractivity contribution in [3.05, 3.63) is 46.5 Å². The number of carbonyl (C=O) groups excluding carboxylic acids is 2. The zero-order valence-corrected chi connectivity index (χ0v) is 18.9. The highest BCUT2D eigenvalue weighted by molar-refractivity contribution is 7.21. The number of amides is 2. The molecule has 0 aliphatic carbocycles. The topological polar surface area (TPSA) is 130 Å². The summed E-state index contributed by atoms with van der Waals surface area (Å²) in [7, 11) is 3.10. The van der Waals surface area contributed by atoms with Crippen LogP contribution >= 0.6 is 11.3 Å². The normalized spacial score (nSPS) is 11.8. The maximum absolute atomic E-state index is 13.6. The molecule has 0 unspecified atom stereocenters. The average molecular weight is 493 g/mol. The van der Waals surface area contributed by atoms with E-state index < -0.39 is 23.7 Å². The molecule has 4 aromatic heterocycles. The van der Waals surface area contributed by atoms with Crippen molar-refractivity contribution in [1.29, 1.82) is 0 Å². The van der Waals surface area contributed by atoms with Gasteiger partial charge in [-0.15, -0.1) is 11.3 Å². The van der Waals surface area contributed by atoms with Gasteiger partial charge in [0.25, 0.3) is 11.8 Å². The van der Waals surface area contributed by atoms with Crippen LogP contribution in [0, 0.1) is 6.92 Å². The molecular formula is C20H18F3N7O3S. The molecule has 10 nitrogen and oxygen atoms in total. The molecule has 178 valence electrons. The minimum absolute atomic E-state index is 0.00537. The van der Waals surface area contributed by atoms with Crippen molar-refractivity contribution in [3.8, 4) is 11.1 Å². The van der Waals surface area contributed by atoms with Crippen LogP contribution in [0.4, 0.5) is 18.9 Å². The highest BCUT2D eigenvalue weighted by atomic mass is 32.1. The average Bonchev–Trinajstić information content (AvgIpc) is 3.46. The number of fused-ring (bicyclic) bond motifs is 1. The Hall–Kier alpha value is -3.78. The lowest BCUT2D eigenvalue weighted by Crippen LogP contribution is -2.17. The third-order valence-electron chi connectivity index (χ3n) is 5.07. The number of alkyl halides is 3. The highest BCUT2D eigenvalue weighted by Gasteiger charge is 2.35. The van der Waals surface area contributed by atoms with Gasteiger partial charge in [0.2, 0.25) is 0 Å². The van der Waals surface area contributed by atoms with Crippen molar-refractivity contribution in [2.45, 2.75) is 19.8 Å². The van der Waals surface area contributed by atoms with Crippen LogP contribution in [0.2, 0.25) is 0 Å². The van der Waals surface area contributed by atoms with Gasteiger partial charge in [-0.25, -0.2) is 9.67 Å². The molecule has 4 aromatic rings. The Morgan fingerprint density at radius 2 is 2.03 bits per heavy atom. The zero-order valence-electron chi connectivity index (χ0n) is 18.1. The number of hydrogen-bond acceptors (Lipinski definition) is 7. The van der Waals surface area contributed by atoms with Crippen LogP contribution in [0.5, 0.6) is 0 Å². The van der Waals surface area contributed by atoms with Crippen molar-refractivity contribution < 1.29 is 27.5 Å². The molecule has 0 saturated heterocycles. The molecule has 0 atom stereocenters. The van der Waals surface area contributed by atoms with Gasteiger partial charge >= 0.3 is 6.18 Å². The molecule has 4 heterocycles. The fraction of sp³-hybridized carbons (Fsp3) is 0.250. The van der Waals surface area contributed by atoms with E-state index in [4.69, 9.17) is 10.5 Å². The van der Waals surface area contributed by atoms with E-state index in [0.29, 0.717) is 22.6 Å². The van der Waals surface area contributed by atoms with Crippen molar-refractivity contribution in [3.63, 3.8) is 0 Å². The van der Waals surface area contributed by atoms with Crippen LogP contribution in [-0.2, 0) is 24.7 Å². The van der Waals surface area contributed by atoms with Crippen LogP contribution in [0.3, 0.4) is 0 Å². The molecule has 4 rings (SSSR count). The number of pyridine rings is 1. The lowest BCUT2D eigenvalue weighted by atomic mass is 10.0. The third kappa shape index (κ3) is 4.12. The van der Waals surface area contributed by atoms with Crippen LogP contribution in [0.25, 0.3) is 21.3 Å². The Morgan fingerprint density at radius 3 is 2.62 bits per heavy atom. The van der Waals surface area contributed by atoms with Gasteiger partial charge in [-0.05, 0) is 24.6 Å². The lowest BCUT2D eigenvalue weighted by molar-refractivity contribution is -0.140. The molecule has 0 radical (unpaired) electrons. The summed E-state index contributed by atoms with van der Waals surface area (Å²) in [5.41, 5.74) is 5.38. The van der Waals surface area contributed by atoms with E-state index in [-0.39, 0.29) is 38.8 Å². The van der Waals surface area contributed by atoms with E-state index in [2.05, 4.69) is 20.5 Å². The quantitative estimate of drug-likeness (QED) is 0.424. The molecule has 34 heavy (non-hydrogen) atoms. The predicted octanol–water partition coefficient (Wildman–Crippen LogP) is 3.18. The molecule has 0 saturated carbocycles. The predicted molar refractivity (Wildman–Crippen MR) is 117 cm³/mol. The van der Waals surface area contributed by atoms with Crippen LogP contribution in [-0.4, -0.2) is 43.5 Å². The van der Waals surface area contributed by atoms with Crippen molar-refractivity contribution in [1.82, 2.24) is 24.5 Å². The molecule has 0 bridgehead atoms. The molecule has 2 amide bonds. The first-order chi connectivity index (χ1) is 16.0. The number of rotatable bonds is 6. The number of ether oxygens (including phenoxy) is 1. The Morgan fingerprint density at radius 1 is 1.29 bits per heavy atom.